The molecule has 0 aromatic carbocycles. The van der Waals surface area contributed by atoms with Gasteiger partial charge in [0.15, 0.2) is 0 Å². The lowest BCUT2D eigenvalue weighted by Crippen LogP contribution is -2.43. The van der Waals surface area contributed by atoms with Crippen molar-refractivity contribution in [2.45, 2.75) is 58.9 Å². The number of likely N-dealkylation sites (tertiary alicyclic amines) is 1. The Hall–Kier alpha value is -2.12. The van der Waals surface area contributed by atoms with Crippen molar-refractivity contribution in [1.29, 1.82) is 0 Å². The lowest BCUT2D eigenvalue weighted by Gasteiger charge is -2.29. The van der Waals surface area contributed by atoms with Crippen LogP contribution in [0.4, 0.5) is 0 Å². The van der Waals surface area contributed by atoms with Crippen LogP contribution in [0.3, 0.4) is 0 Å². The Morgan fingerprint density at radius 1 is 1.04 bits per heavy atom. The molecule has 0 radical (unpaired) electrons. The fourth-order valence-corrected chi connectivity index (χ4v) is 3.39. The molecular formula is C18H31N3O5. The number of rotatable bonds is 8. The first kappa shape index (κ1) is 21.9. The lowest BCUT2D eigenvalue weighted by molar-refractivity contribution is -0.145. The van der Waals surface area contributed by atoms with Crippen LogP contribution in [0.15, 0.2) is 0 Å². The molecule has 1 aliphatic rings. The van der Waals surface area contributed by atoms with Crippen molar-refractivity contribution in [3.8, 4) is 0 Å². The van der Waals surface area contributed by atoms with E-state index in [9.17, 15) is 19.2 Å². The van der Waals surface area contributed by atoms with E-state index in [0.29, 0.717) is 45.4 Å². The van der Waals surface area contributed by atoms with Crippen LogP contribution in [0.1, 0.15) is 52.9 Å². The van der Waals surface area contributed by atoms with Crippen LogP contribution in [0.25, 0.3) is 0 Å². The van der Waals surface area contributed by atoms with Crippen molar-refractivity contribution >= 4 is 23.7 Å². The molecule has 1 heterocycles. The van der Waals surface area contributed by atoms with Crippen molar-refractivity contribution in [3.63, 3.8) is 0 Å². The highest BCUT2D eigenvalue weighted by Crippen LogP contribution is 2.18. The zero-order valence-corrected chi connectivity index (χ0v) is 16.1. The summed E-state index contributed by atoms with van der Waals surface area (Å²) in [6, 6.07) is -0.168. The molecule has 148 valence electrons. The molecule has 8 heteroatoms. The maximum atomic E-state index is 12.4. The Kier molecular flexibility index (Phi) is 9.09. The smallest absolute Gasteiger partial charge is 0.323 e. The van der Waals surface area contributed by atoms with Crippen molar-refractivity contribution in [2.75, 3.05) is 32.7 Å². The average molecular weight is 369 g/mol. The summed E-state index contributed by atoms with van der Waals surface area (Å²) in [4.78, 5) is 52.0. The number of nitrogens with zero attached hydrogens (tertiary/aromatic N) is 3. The number of amides is 3. The van der Waals surface area contributed by atoms with Gasteiger partial charge in [0.1, 0.15) is 6.54 Å². The number of hydrogen-bond acceptors (Lipinski definition) is 4. The Bertz CT molecular complexity index is 519. The summed E-state index contributed by atoms with van der Waals surface area (Å²) in [5.74, 6) is -1.37. The van der Waals surface area contributed by atoms with Gasteiger partial charge in [0.05, 0.1) is 0 Å². The second-order valence-electron chi connectivity index (χ2n) is 6.57. The molecule has 3 amide bonds. The number of carbonyl (C=O) groups is 4. The van der Waals surface area contributed by atoms with Gasteiger partial charge in [-0.1, -0.05) is 0 Å². The van der Waals surface area contributed by atoms with Gasteiger partial charge in [-0.05, 0) is 33.1 Å². The first-order valence-corrected chi connectivity index (χ1v) is 9.34. The normalized spacial score (nSPS) is 17.3. The molecule has 1 N–H and O–H groups in total. The van der Waals surface area contributed by atoms with Gasteiger partial charge in [0.25, 0.3) is 0 Å². The summed E-state index contributed by atoms with van der Waals surface area (Å²) < 4.78 is 0. The highest BCUT2D eigenvalue weighted by Gasteiger charge is 2.27. The van der Waals surface area contributed by atoms with E-state index >= 15 is 0 Å². The topological polar surface area (TPSA) is 98.2 Å². The molecule has 1 atom stereocenters. The second kappa shape index (κ2) is 10.8. The van der Waals surface area contributed by atoms with Crippen LogP contribution in [0.2, 0.25) is 0 Å². The second-order valence-corrected chi connectivity index (χ2v) is 6.57. The number of carboxylic acid groups (broad SMARTS) is 1. The SMILES string of the molecule is CCN(CC)C(=O)CCC(=O)N1CCCC(N(CC(=O)O)C(C)=O)CC1. The quantitative estimate of drug-likeness (QED) is 0.687. The van der Waals surface area contributed by atoms with Gasteiger partial charge >= 0.3 is 5.97 Å². The van der Waals surface area contributed by atoms with E-state index in [2.05, 4.69) is 0 Å². The van der Waals surface area contributed by atoms with Gasteiger partial charge in [0.2, 0.25) is 17.7 Å². The zero-order valence-electron chi connectivity index (χ0n) is 16.1. The maximum Gasteiger partial charge on any atom is 0.323 e. The number of hydrogen-bond donors (Lipinski definition) is 1. The van der Waals surface area contributed by atoms with E-state index < -0.39 is 5.97 Å². The molecule has 0 saturated carbocycles. The Labute approximate surface area is 155 Å². The maximum absolute atomic E-state index is 12.4. The fourth-order valence-electron chi connectivity index (χ4n) is 3.39. The van der Waals surface area contributed by atoms with E-state index in [0.717, 1.165) is 0 Å². The molecular weight excluding hydrogens is 338 g/mol. The van der Waals surface area contributed by atoms with Crippen LogP contribution < -0.4 is 0 Å². The summed E-state index contributed by atoms with van der Waals surface area (Å²) >= 11 is 0. The van der Waals surface area contributed by atoms with E-state index in [1.165, 1.54) is 11.8 Å². The predicted molar refractivity (Wildman–Crippen MR) is 96.4 cm³/mol. The zero-order chi connectivity index (χ0) is 19.7. The molecule has 1 saturated heterocycles. The monoisotopic (exact) mass is 369 g/mol. The van der Waals surface area contributed by atoms with Crippen LogP contribution in [0.5, 0.6) is 0 Å². The first-order chi connectivity index (χ1) is 12.3. The Morgan fingerprint density at radius 3 is 2.23 bits per heavy atom. The van der Waals surface area contributed by atoms with Crippen LogP contribution >= 0.6 is 0 Å². The van der Waals surface area contributed by atoms with Crippen molar-refractivity contribution in [2.24, 2.45) is 0 Å². The molecule has 1 fully saturated rings. The molecule has 0 spiro atoms. The summed E-state index contributed by atoms with van der Waals surface area (Å²) in [5.41, 5.74) is 0. The number of carboxylic acids is 1. The van der Waals surface area contributed by atoms with Gasteiger partial charge in [-0.15, -0.1) is 0 Å². The van der Waals surface area contributed by atoms with E-state index in [4.69, 9.17) is 5.11 Å². The van der Waals surface area contributed by atoms with E-state index in [1.54, 1.807) is 9.80 Å². The fraction of sp³-hybridized carbons (Fsp3) is 0.778. The summed E-state index contributed by atoms with van der Waals surface area (Å²) in [7, 11) is 0. The highest BCUT2D eigenvalue weighted by molar-refractivity contribution is 5.84. The van der Waals surface area contributed by atoms with Crippen molar-refractivity contribution < 1.29 is 24.3 Å². The third-order valence-corrected chi connectivity index (χ3v) is 4.87. The predicted octanol–water partition coefficient (Wildman–Crippen LogP) is 0.949. The largest absolute Gasteiger partial charge is 0.480 e. The van der Waals surface area contributed by atoms with Crippen LogP contribution in [-0.4, -0.2) is 82.3 Å². The summed E-state index contributed by atoms with van der Waals surface area (Å²) in [6.45, 7) is 7.22. The highest BCUT2D eigenvalue weighted by atomic mass is 16.4. The van der Waals surface area contributed by atoms with E-state index in [-0.39, 0.29) is 43.1 Å². The Balaban J connectivity index is 2.56. The first-order valence-electron chi connectivity index (χ1n) is 9.34. The molecule has 1 unspecified atom stereocenters. The minimum Gasteiger partial charge on any atom is -0.480 e. The number of aliphatic carboxylic acids is 1. The Morgan fingerprint density at radius 2 is 1.69 bits per heavy atom. The molecule has 0 bridgehead atoms. The molecule has 0 aromatic heterocycles. The number of carbonyl (C=O) groups excluding carboxylic acids is 3. The van der Waals surface area contributed by atoms with Gasteiger partial charge in [0, 0.05) is 52.0 Å². The minimum atomic E-state index is -1.03. The molecule has 0 aromatic rings. The van der Waals surface area contributed by atoms with Crippen molar-refractivity contribution in [3.05, 3.63) is 0 Å². The van der Waals surface area contributed by atoms with Crippen LogP contribution in [0, 0.1) is 0 Å². The molecule has 8 nitrogen and oxygen atoms in total. The summed E-state index contributed by atoms with van der Waals surface area (Å²) in [5, 5.41) is 8.99. The molecule has 1 aliphatic heterocycles. The standard InChI is InChI=1S/C18H31N3O5/c1-4-19(5-2)16(23)8-9-17(24)20-11-6-7-15(10-12-20)21(14(3)22)13-18(25)26/h15H,4-13H2,1-3H3,(H,25,26). The average Bonchev–Trinajstić information content (AvgIpc) is 2.84. The van der Waals surface area contributed by atoms with Gasteiger partial charge < -0.3 is 19.8 Å². The molecule has 0 aliphatic carbocycles. The lowest BCUT2D eigenvalue weighted by atomic mass is 10.1. The van der Waals surface area contributed by atoms with Gasteiger partial charge in [-0.3, -0.25) is 19.2 Å². The third kappa shape index (κ3) is 6.65. The summed E-state index contributed by atoms with van der Waals surface area (Å²) in [6.07, 6.45) is 2.34. The third-order valence-electron chi connectivity index (χ3n) is 4.87. The van der Waals surface area contributed by atoms with Gasteiger partial charge in [-0.2, -0.15) is 0 Å². The van der Waals surface area contributed by atoms with Crippen molar-refractivity contribution in [1.82, 2.24) is 14.7 Å². The van der Waals surface area contributed by atoms with Crippen LogP contribution in [-0.2, 0) is 19.2 Å². The van der Waals surface area contributed by atoms with E-state index in [1.807, 2.05) is 13.8 Å². The molecule has 26 heavy (non-hydrogen) atoms. The minimum absolute atomic E-state index is 0.0136. The molecule has 1 rings (SSSR count). The van der Waals surface area contributed by atoms with Gasteiger partial charge in [-0.25, -0.2) is 0 Å².